The number of amidine groups is 1. The lowest BCUT2D eigenvalue weighted by molar-refractivity contribution is 0.127. The third-order valence-corrected chi connectivity index (χ3v) is 3.12. The Bertz CT molecular complexity index is 261. The Hall–Kier alpha value is -1.03. The molecular weight excluding hydrogens is 176 g/mol. The first-order valence-electron chi connectivity index (χ1n) is 5.29. The number of nitrogens with two attached hydrogens (primary N) is 1. The van der Waals surface area contributed by atoms with Crippen molar-refractivity contribution in [2.75, 3.05) is 13.1 Å². The van der Waals surface area contributed by atoms with E-state index in [4.69, 9.17) is 11.1 Å². The Kier molecular flexibility index (Phi) is 2.46. The van der Waals surface area contributed by atoms with Crippen molar-refractivity contribution >= 4 is 5.84 Å². The standard InChI is InChI=1S/C10H18N4/c11-9(12)10-5-2-1-3-7-14(10)8-4-6-13-10/h3,7,13H,1-2,4-6,8H2,(H3,11,12). The van der Waals surface area contributed by atoms with E-state index >= 15 is 0 Å². The summed E-state index contributed by atoms with van der Waals surface area (Å²) < 4.78 is 0. The summed E-state index contributed by atoms with van der Waals surface area (Å²) in [4.78, 5) is 2.19. The van der Waals surface area contributed by atoms with Gasteiger partial charge >= 0.3 is 0 Å². The predicted octanol–water partition coefficient (Wildman–Crippen LogP) is 0.612. The van der Waals surface area contributed by atoms with E-state index in [2.05, 4.69) is 22.5 Å². The molecule has 14 heavy (non-hydrogen) atoms. The lowest BCUT2D eigenvalue weighted by Crippen LogP contribution is -2.67. The van der Waals surface area contributed by atoms with Gasteiger partial charge in [-0.25, -0.2) is 0 Å². The molecule has 0 radical (unpaired) electrons. The Morgan fingerprint density at radius 3 is 3.14 bits per heavy atom. The number of nitrogens with zero attached hydrogens (tertiary/aromatic N) is 1. The average Bonchev–Trinajstić information content (AvgIpc) is 2.40. The zero-order valence-electron chi connectivity index (χ0n) is 8.42. The summed E-state index contributed by atoms with van der Waals surface area (Å²) in [6.07, 6.45) is 8.53. The first-order chi connectivity index (χ1) is 6.76. The van der Waals surface area contributed by atoms with Crippen LogP contribution in [-0.4, -0.2) is 29.5 Å². The molecule has 0 aromatic rings. The van der Waals surface area contributed by atoms with E-state index in [0.29, 0.717) is 0 Å². The summed E-state index contributed by atoms with van der Waals surface area (Å²) in [5, 5.41) is 11.1. The second kappa shape index (κ2) is 3.61. The van der Waals surface area contributed by atoms with Crippen molar-refractivity contribution in [2.45, 2.75) is 31.3 Å². The maximum absolute atomic E-state index is 7.74. The van der Waals surface area contributed by atoms with Gasteiger partial charge < -0.3 is 10.6 Å². The highest BCUT2D eigenvalue weighted by Gasteiger charge is 2.40. The van der Waals surface area contributed by atoms with Crippen molar-refractivity contribution in [3.05, 3.63) is 12.3 Å². The van der Waals surface area contributed by atoms with Gasteiger partial charge in [0.05, 0.1) is 0 Å². The van der Waals surface area contributed by atoms with Crippen molar-refractivity contribution in [1.29, 1.82) is 5.41 Å². The van der Waals surface area contributed by atoms with Crippen LogP contribution in [0.25, 0.3) is 0 Å². The second-order valence-corrected chi connectivity index (χ2v) is 4.02. The molecule has 0 bridgehead atoms. The number of rotatable bonds is 1. The molecule has 0 aromatic carbocycles. The van der Waals surface area contributed by atoms with Crippen molar-refractivity contribution < 1.29 is 0 Å². The fourth-order valence-corrected chi connectivity index (χ4v) is 2.33. The minimum absolute atomic E-state index is 0.253. The normalized spacial score (nSPS) is 32.1. The predicted molar refractivity (Wildman–Crippen MR) is 57.0 cm³/mol. The van der Waals surface area contributed by atoms with E-state index in [1.807, 2.05) is 0 Å². The molecule has 1 unspecified atom stereocenters. The van der Waals surface area contributed by atoms with Crippen molar-refractivity contribution in [3.8, 4) is 0 Å². The summed E-state index contributed by atoms with van der Waals surface area (Å²) in [5.41, 5.74) is 5.34. The number of nitrogens with one attached hydrogen (secondary N) is 2. The van der Waals surface area contributed by atoms with Crippen LogP contribution in [0.2, 0.25) is 0 Å². The minimum atomic E-state index is -0.384. The smallest absolute Gasteiger partial charge is 0.149 e. The summed E-state index contributed by atoms with van der Waals surface area (Å²) in [7, 11) is 0. The molecule has 4 N–H and O–H groups in total. The van der Waals surface area contributed by atoms with Gasteiger partial charge in [-0.2, -0.15) is 0 Å². The van der Waals surface area contributed by atoms with Gasteiger partial charge in [-0.1, -0.05) is 6.08 Å². The molecule has 2 aliphatic rings. The fraction of sp³-hybridized carbons (Fsp3) is 0.700. The van der Waals surface area contributed by atoms with Crippen molar-refractivity contribution in [1.82, 2.24) is 10.2 Å². The highest BCUT2D eigenvalue weighted by Crippen LogP contribution is 2.26. The Labute approximate surface area is 84.7 Å². The zero-order valence-corrected chi connectivity index (χ0v) is 8.42. The van der Waals surface area contributed by atoms with E-state index < -0.39 is 0 Å². The van der Waals surface area contributed by atoms with Crippen LogP contribution >= 0.6 is 0 Å². The van der Waals surface area contributed by atoms with Crippen LogP contribution in [0.1, 0.15) is 25.7 Å². The Balaban J connectivity index is 2.29. The third kappa shape index (κ3) is 1.39. The van der Waals surface area contributed by atoms with Crippen LogP contribution in [0.15, 0.2) is 12.3 Å². The van der Waals surface area contributed by atoms with Gasteiger partial charge in [-0.15, -0.1) is 0 Å². The van der Waals surface area contributed by atoms with Crippen molar-refractivity contribution in [3.63, 3.8) is 0 Å². The number of hydrogen-bond acceptors (Lipinski definition) is 3. The molecular formula is C10H18N4. The SMILES string of the molecule is N=C(N)C12CCCC=CN1CCCN2. The highest BCUT2D eigenvalue weighted by atomic mass is 15.4. The van der Waals surface area contributed by atoms with Crippen LogP contribution in [0, 0.1) is 5.41 Å². The number of hydrogen-bond donors (Lipinski definition) is 3. The molecule has 4 nitrogen and oxygen atoms in total. The molecule has 78 valence electrons. The summed E-state index contributed by atoms with van der Waals surface area (Å²) in [6.45, 7) is 1.97. The average molecular weight is 194 g/mol. The first-order valence-corrected chi connectivity index (χ1v) is 5.29. The molecule has 4 heteroatoms. The van der Waals surface area contributed by atoms with Crippen LogP contribution in [0.5, 0.6) is 0 Å². The molecule has 2 aliphatic heterocycles. The Morgan fingerprint density at radius 2 is 2.36 bits per heavy atom. The summed E-state index contributed by atoms with van der Waals surface area (Å²) in [6, 6.07) is 0. The lowest BCUT2D eigenvalue weighted by Gasteiger charge is -2.46. The van der Waals surface area contributed by atoms with Gasteiger partial charge in [-0.05, 0) is 38.4 Å². The van der Waals surface area contributed by atoms with Crippen LogP contribution in [0.3, 0.4) is 0 Å². The molecule has 0 saturated carbocycles. The zero-order chi connectivity index (χ0) is 10.0. The third-order valence-electron chi connectivity index (χ3n) is 3.12. The molecule has 0 aromatic heterocycles. The van der Waals surface area contributed by atoms with Gasteiger partial charge in [0.15, 0.2) is 0 Å². The molecule has 2 heterocycles. The summed E-state index contributed by atoms with van der Waals surface area (Å²) in [5.74, 6) is 0.253. The van der Waals surface area contributed by atoms with Gasteiger partial charge in [0.2, 0.25) is 0 Å². The summed E-state index contributed by atoms with van der Waals surface area (Å²) >= 11 is 0. The molecule has 0 spiro atoms. The van der Waals surface area contributed by atoms with Crippen LogP contribution < -0.4 is 11.1 Å². The van der Waals surface area contributed by atoms with Gasteiger partial charge in [-0.3, -0.25) is 10.7 Å². The molecule has 1 saturated heterocycles. The maximum atomic E-state index is 7.74. The first kappa shape index (κ1) is 9.52. The quantitative estimate of drug-likeness (QED) is 0.423. The molecule has 1 atom stereocenters. The van der Waals surface area contributed by atoms with E-state index in [0.717, 1.165) is 38.8 Å². The fourth-order valence-electron chi connectivity index (χ4n) is 2.33. The van der Waals surface area contributed by atoms with Gasteiger partial charge in [0.1, 0.15) is 11.5 Å². The number of fused-ring (bicyclic) bond motifs is 1. The monoisotopic (exact) mass is 194 g/mol. The van der Waals surface area contributed by atoms with Crippen LogP contribution in [-0.2, 0) is 0 Å². The van der Waals surface area contributed by atoms with Crippen LogP contribution in [0.4, 0.5) is 0 Å². The highest BCUT2D eigenvalue weighted by molar-refractivity contribution is 5.87. The minimum Gasteiger partial charge on any atom is -0.384 e. The van der Waals surface area contributed by atoms with E-state index in [9.17, 15) is 0 Å². The molecule has 0 aliphatic carbocycles. The Morgan fingerprint density at radius 1 is 1.50 bits per heavy atom. The lowest BCUT2D eigenvalue weighted by atomic mass is 9.97. The van der Waals surface area contributed by atoms with Crippen molar-refractivity contribution in [2.24, 2.45) is 5.73 Å². The van der Waals surface area contributed by atoms with Gasteiger partial charge in [0.25, 0.3) is 0 Å². The van der Waals surface area contributed by atoms with Gasteiger partial charge in [0, 0.05) is 6.54 Å². The molecule has 2 rings (SSSR count). The van der Waals surface area contributed by atoms with E-state index in [1.165, 1.54) is 0 Å². The second-order valence-electron chi connectivity index (χ2n) is 4.02. The largest absolute Gasteiger partial charge is 0.384 e. The number of allylic oxidation sites excluding steroid dienone is 1. The molecule has 1 fully saturated rings. The van der Waals surface area contributed by atoms with E-state index in [1.54, 1.807) is 0 Å². The maximum Gasteiger partial charge on any atom is 0.149 e. The molecule has 0 amide bonds. The van der Waals surface area contributed by atoms with E-state index in [-0.39, 0.29) is 11.5 Å². The topological polar surface area (TPSA) is 65.1 Å².